The number of methoxy groups -OCH3 is 1. The van der Waals surface area contributed by atoms with Gasteiger partial charge in [-0.05, 0) is 50.2 Å². The van der Waals surface area contributed by atoms with Crippen molar-refractivity contribution in [2.45, 2.75) is 13.8 Å². The Balaban J connectivity index is 2.09. The largest absolute Gasteiger partial charge is 0.497 e. The number of carbonyl (C=O) groups excluding carboxylic acids is 1. The summed E-state index contributed by atoms with van der Waals surface area (Å²) in [6.07, 6.45) is 0. The predicted octanol–water partition coefficient (Wildman–Crippen LogP) is 4.14. The first-order chi connectivity index (χ1) is 11.7. The van der Waals surface area contributed by atoms with Gasteiger partial charge in [-0.2, -0.15) is 0 Å². The van der Waals surface area contributed by atoms with Crippen molar-refractivity contribution in [3.05, 3.63) is 42.5 Å². The first-order valence-corrected chi connectivity index (χ1v) is 7.78. The van der Waals surface area contributed by atoms with Gasteiger partial charge in [-0.15, -0.1) is 0 Å². The van der Waals surface area contributed by atoms with Crippen molar-refractivity contribution in [1.29, 1.82) is 0 Å². The normalized spacial score (nSPS) is 9.96. The van der Waals surface area contributed by atoms with Crippen LogP contribution >= 0.6 is 0 Å². The van der Waals surface area contributed by atoms with Crippen LogP contribution in [0.1, 0.15) is 13.8 Å². The predicted molar refractivity (Wildman–Crippen MR) is 94.4 cm³/mol. The Kier molecular flexibility index (Phi) is 6.31. The van der Waals surface area contributed by atoms with Crippen LogP contribution in [0.3, 0.4) is 0 Å². The summed E-state index contributed by atoms with van der Waals surface area (Å²) < 4.78 is 16.1. The minimum atomic E-state index is -0.366. The zero-order valence-electron chi connectivity index (χ0n) is 14.1. The second kappa shape index (κ2) is 8.67. The van der Waals surface area contributed by atoms with E-state index in [-0.39, 0.29) is 6.03 Å². The van der Waals surface area contributed by atoms with Crippen molar-refractivity contribution in [2.75, 3.05) is 31.0 Å². The Morgan fingerprint density at radius 2 is 1.58 bits per heavy atom. The molecule has 0 aliphatic heterocycles. The van der Waals surface area contributed by atoms with E-state index in [0.29, 0.717) is 36.1 Å². The molecule has 0 radical (unpaired) electrons. The number of nitrogens with one attached hydrogen (secondary N) is 2. The number of ether oxygens (including phenoxy) is 3. The lowest BCUT2D eigenvalue weighted by atomic mass is 10.2. The smallest absolute Gasteiger partial charge is 0.323 e. The van der Waals surface area contributed by atoms with Gasteiger partial charge >= 0.3 is 6.03 Å². The van der Waals surface area contributed by atoms with Crippen molar-refractivity contribution in [1.82, 2.24) is 0 Å². The van der Waals surface area contributed by atoms with E-state index < -0.39 is 0 Å². The molecule has 6 nitrogen and oxygen atoms in total. The van der Waals surface area contributed by atoms with Crippen molar-refractivity contribution in [3.8, 4) is 17.2 Å². The van der Waals surface area contributed by atoms with E-state index in [0.717, 1.165) is 5.75 Å². The third-order valence-corrected chi connectivity index (χ3v) is 3.16. The number of urea groups is 1. The number of carbonyl (C=O) groups is 1. The quantitative estimate of drug-likeness (QED) is 0.800. The second-order valence-corrected chi connectivity index (χ2v) is 4.83. The van der Waals surface area contributed by atoms with Crippen LogP contribution in [-0.2, 0) is 0 Å². The topological polar surface area (TPSA) is 68.8 Å². The lowest BCUT2D eigenvalue weighted by Crippen LogP contribution is -2.20. The van der Waals surface area contributed by atoms with E-state index in [1.54, 1.807) is 49.6 Å². The maximum atomic E-state index is 12.2. The van der Waals surface area contributed by atoms with Gasteiger partial charge < -0.3 is 24.8 Å². The molecule has 24 heavy (non-hydrogen) atoms. The van der Waals surface area contributed by atoms with E-state index in [4.69, 9.17) is 14.2 Å². The molecule has 0 fully saturated rings. The van der Waals surface area contributed by atoms with Gasteiger partial charge in [0.05, 0.1) is 26.0 Å². The van der Waals surface area contributed by atoms with Crippen molar-refractivity contribution >= 4 is 17.4 Å². The molecule has 2 aromatic rings. The lowest BCUT2D eigenvalue weighted by Gasteiger charge is -2.14. The average molecular weight is 330 g/mol. The number of hydrogen-bond acceptors (Lipinski definition) is 4. The second-order valence-electron chi connectivity index (χ2n) is 4.83. The van der Waals surface area contributed by atoms with Gasteiger partial charge in [0, 0.05) is 11.8 Å². The maximum Gasteiger partial charge on any atom is 0.323 e. The summed E-state index contributed by atoms with van der Waals surface area (Å²) >= 11 is 0. The van der Waals surface area contributed by atoms with Gasteiger partial charge in [0.15, 0.2) is 0 Å². The van der Waals surface area contributed by atoms with Gasteiger partial charge in [-0.3, -0.25) is 0 Å². The molecule has 2 rings (SSSR count). The first-order valence-electron chi connectivity index (χ1n) is 7.78. The van der Waals surface area contributed by atoms with Crippen LogP contribution in [0.2, 0.25) is 0 Å². The molecule has 0 saturated carbocycles. The highest BCUT2D eigenvalue weighted by Gasteiger charge is 2.10. The Morgan fingerprint density at radius 3 is 2.21 bits per heavy atom. The summed E-state index contributed by atoms with van der Waals surface area (Å²) in [7, 11) is 1.59. The Labute approximate surface area is 141 Å². The van der Waals surface area contributed by atoms with Crippen LogP contribution in [0, 0.1) is 0 Å². The molecular formula is C18H22N2O4. The number of anilines is 2. The number of hydrogen-bond donors (Lipinski definition) is 2. The third kappa shape index (κ3) is 4.81. The molecule has 0 bridgehead atoms. The van der Waals surface area contributed by atoms with E-state index in [2.05, 4.69) is 10.6 Å². The molecule has 128 valence electrons. The standard InChI is InChI=1S/C18H22N2O4/c1-4-23-15-10-11-17(24-5-2)16(12-15)20-18(21)19-13-6-8-14(22-3)9-7-13/h6-12H,4-5H2,1-3H3,(H2,19,20,21). The summed E-state index contributed by atoms with van der Waals surface area (Å²) in [5.41, 5.74) is 1.21. The number of amides is 2. The van der Waals surface area contributed by atoms with Gasteiger partial charge in [0.25, 0.3) is 0 Å². The summed E-state index contributed by atoms with van der Waals surface area (Å²) in [4.78, 5) is 12.2. The molecule has 0 unspecified atom stereocenters. The molecule has 2 aromatic carbocycles. The first kappa shape index (κ1) is 17.5. The highest BCUT2D eigenvalue weighted by molar-refractivity contribution is 6.00. The highest BCUT2D eigenvalue weighted by atomic mass is 16.5. The molecule has 0 spiro atoms. The molecule has 2 amide bonds. The van der Waals surface area contributed by atoms with Crippen molar-refractivity contribution in [3.63, 3.8) is 0 Å². The van der Waals surface area contributed by atoms with Crippen LogP contribution in [0.5, 0.6) is 17.2 Å². The Hall–Kier alpha value is -2.89. The van der Waals surface area contributed by atoms with Crippen LogP contribution < -0.4 is 24.8 Å². The van der Waals surface area contributed by atoms with Gasteiger partial charge in [-0.25, -0.2) is 4.79 Å². The molecule has 2 N–H and O–H groups in total. The van der Waals surface area contributed by atoms with E-state index >= 15 is 0 Å². The molecular weight excluding hydrogens is 308 g/mol. The fourth-order valence-electron chi connectivity index (χ4n) is 2.10. The van der Waals surface area contributed by atoms with Crippen LogP contribution in [-0.4, -0.2) is 26.4 Å². The lowest BCUT2D eigenvalue weighted by molar-refractivity contribution is 0.262. The summed E-state index contributed by atoms with van der Waals surface area (Å²) in [5.74, 6) is 1.98. The number of rotatable bonds is 7. The zero-order chi connectivity index (χ0) is 17.4. The van der Waals surface area contributed by atoms with Crippen LogP contribution in [0.4, 0.5) is 16.2 Å². The maximum absolute atomic E-state index is 12.2. The van der Waals surface area contributed by atoms with Crippen molar-refractivity contribution < 1.29 is 19.0 Å². The fourth-order valence-corrected chi connectivity index (χ4v) is 2.10. The fraction of sp³-hybridized carbons (Fsp3) is 0.278. The summed E-state index contributed by atoms with van der Waals surface area (Å²) in [5, 5.41) is 5.55. The van der Waals surface area contributed by atoms with Crippen LogP contribution in [0.25, 0.3) is 0 Å². The molecule has 0 atom stereocenters. The molecule has 0 heterocycles. The van der Waals surface area contributed by atoms with Gasteiger partial charge in [-0.1, -0.05) is 0 Å². The van der Waals surface area contributed by atoms with Gasteiger partial charge in [0.1, 0.15) is 17.2 Å². The average Bonchev–Trinajstić information content (AvgIpc) is 2.58. The van der Waals surface area contributed by atoms with Crippen molar-refractivity contribution in [2.24, 2.45) is 0 Å². The monoisotopic (exact) mass is 330 g/mol. The molecule has 0 aliphatic rings. The van der Waals surface area contributed by atoms with Gasteiger partial charge in [0.2, 0.25) is 0 Å². The SMILES string of the molecule is CCOc1ccc(OCC)c(NC(=O)Nc2ccc(OC)cc2)c1. The Bertz CT molecular complexity index is 671. The summed E-state index contributed by atoms with van der Waals surface area (Å²) in [6, 6.07) is 12.0. The zero-order valence-corrected chi connectivity index (χ0v) is 14.1. The van der Waals surface area contributed by atoms with Crippen LogP contribution in [0.15, 0.2) is 42.5 Å². The molecule has 0 saturated heterocycles. The minimum Gasteiger partial charge on any atom is -0.497 e. The highest BCUT2D eigenvalue weighted by Crippen LogP contribution is 2.29. The summed E-state index contributed by atoms with van der Waals surface area (Å²) in [6.45, 7) is 4.84. The van der Waals surface area contributed by atoms with E-state index in [9.17, 15) is 4.79 Å². The molecule has 6 heteroatoms. The van der Waals surface area contributed by atoms with E-state index in [1.807, 2.05) is 13.8 Å². The van der Waals surface area contributed by atoms with E-state index in [1.165, 1.54) is 0 Å². The Morgan fingerprint density at radius 1 is 0.917 bits per heavy atom. The number of benzene rings is 2. The molecule has 0 aliphatic carbocycles. The molecule has 0 aromatic heterocycles. The minimum absolute atomic E-state index is 0.366. The third-order valence-electron chi connectivity index (χ3n) is 3.16.